The number of carboxylic acid groups (broad SMARTS) is 1. The van der Waals surface area contributed by atoms with E-state index in [9.17, 15) is 4.79 Å². The molecule has 0 atom stereocenters. The van der Waals surface area contributed by atoms with Crippen LogP contribution in [0.5, 0.6) is 0 Å². The second-order valence-electron chi connectivity index (χ2n) is 3.09. The van der Waals surface area contributed by atoms with Crippen LogP contribution in [-0.2, 0) is 23.1 Å². The number of hydrogen-bond donors (Lipinski definition) is 1. The normalized spacial score (nSPS) is 9.80. The van der Waals surface area contributed by atoms with E-state index in [1.54, 1.807) is 0 Å². The average molecular weight is 261 g/mol. The number of rotatable bonds is 1. The van der Waals surface area contributed by atoms with Crippen LogP contribution in [0.1, 0.15) is 20.8 Å². The van der Waals surface area contributed by atoms with Crippen LogP contribution >= 0.6 is 15.9 Å². The van der Waals surface area contributed by atoms with Crippen LogP contribution in [0.25, 0.3) is 0 Å². The second-order valence-corrected chi connectivity index (χ2v) is 8.10. The van der Waals surface area contributed by atoms with Gasteiger partial charge in [0.2, 0.25) is 0 Å². The summed E-state index contributed by atoms with van der Waals surface area (Å²) in [5, 5.41) is 7.71. The standard InChI is InChI=1S/C4H9.C2H3BrO2.Zn/c1-4(2)3;3-1-2(4)5;/h1-3H3;1H2,(H,4,5);. The zero-order chi connectivity index (χ0) is 8.78. The van der Waals surface area contributed by atoms with Gasteiger partial charge in [-0.1, -0.05) is 15.9 Å². The van der Waals surface area contributed by atoms with E-state index < -0.39 is 5.97 Å². The fourth-order valence-electron chi connectivity index (χ4n) is 0. The van der Waals surface area contributed by atoms with Gasteiger partial charge in [-0.25, -0.2) is 0 Å². The minimum atomic E-state index is -0.829. The van der Waals surface area contributed by atoms with E-state index >= 15 is 0 Å². The first kappa shape index (κ1) is 13.2. The van der Waals surface area contributed by atoms with Gasteiger partial charge in [-0.3, -0.25) is 4.79 Å². The van der Waals surface area contributed by atoms with Crippen molar-refractivity contribution in [2.45, 2.75) is 24.8 Å². The smallest absolute Gasteiger partial charge is 0.314 e. The molecule has 0 radical (unpaired) electrons. The molecule has 4 heteroatoms. The Balaban J connectivity index is 0. The van der Waals surface area contributed by atoms with Crippen LogP contribution in [0.15, 0.2) is 0 Å². The summed E-state index contributed by atoms with van der Waals surface area (Å²) < 4.78 is 0.625. The van der Waals surface area contributed by atoms with E-state index in [4.69, 9.17) is 5.11 Å². The van der Waals surface area contributed by atoms with Crippen LogP contribution < -0.4 is 0 Å². The number of aliphatic carboxylic acids is 1. The summed E-state index contributed by atoms with van der Waals surface area (Å²) in [7, 11) is 0. The molecule has 0 fully saturated rings. The minimum absolute atomic E-state index is 0.0347. The molecule has 10 heavy (non-hydrogen) atoms. The van der Waals surface area contributed by atoms with Crippen LogP contribution in [-0.4, -0.2) is 16.4 Å². The number of alkyl halides is 1. The molecule has 0 aromatic heterocycles. The first-order chi connectivity index (χ1) is 4.27. The van der Waals surface area contributed by atoms with E-state index in [1.165, 1.54) is 18.3 Å². The summed E-state index contributed by atoms with van der Waals surface area (Å²) in [5.41, 5.74) is 0. The van der Waals surface area contributed by atoms with Crippen LogP contribution in [0.3, 0.4) is 0 Å². The molecular formula is C6H12BrO2Zn. The topological polar surface area (TPSA) is 37.3 Å². The number of carboxylic acids is 1. The molecule has 1 N–H and O–H groups in total. The van der Waals surface area contributed by atoms with Gasteiger partial charge in [0.05, 0.1) is 0 Å². The van der Waals surface area contributed by atoms with Gasteiger partial charge in [0.25, 0.3) is 0 Å². The Bertz CT molecular complexity index is 92.4. The molecular weight excluding hydrogens is 249 g/mol. The third-order valence-electron chi connectivity index (χ3n) is 0.114. The zero-order valence-electron chi connectivity index (χ0n) is 6.65. The maximum atomic E-state index is 9.32. The number of carbonyl (C=O) groups is 1. The van der Waals surface area contributed by atoms with Gasteiger partial charge >= 0.3 is 49.1 Å². The molecule has 0 aliphatic heterocycles. The molecule has 0 saturated carbocycles. The van der Waals surface area contributed by atoms with Crippen molar-refractivity contribution in [3.05, 3.63) is 0 Å². The Hall–Kier alpha value is 0.573. The molecule has 0 aromatic rings. The third-order valence-corrected chi connectivity index (χ3v) is 0.594. The Labute approximate surface area is 80.2 Å². The van der Waals surface area contributed by atoms with Gasteiger partial charge in [-0.05, 0) is 0 Å². The average Bonchev–Trinajstić information content (AvgIpc) is 1.61. The molecule has 0 aromatic carbocycles. The van der Waals surface area contributed by atoms with E-state index in [0.717, 1.165) is 0 Å². The van der Waals surface area contributed by atoms with Crippen LogP contribution in [0, 0.1) is 0 Å². The molecule has 0 aliphatic carbocycles. The predicted octanol–water partition coefficient (Wildman–Crippen LogP) is 2.22. The monoisotopic (exact) mass is 259 g/mol. The molecule has 0 unspecified atom stereocenters. The van der Waals surface area contributed by atoms with E-state index in [-0.39, 0.29) is 5.33 Å². The summed E-state index contributed by atoms with van der Waals surface area (Å²) in [6.07, 6.45) is 0. The maximum Gasteiger partial charge on any atom is 0.314 e. The van der Waals surface area contributed by atoms with Crippen molar-refractivity contribution < 1.29 is 28.2 Å². The Morgan fingerprint density at radius 2 is 1.70 bits per heavy atom. The molecule has 0 bridgehead atoms. The van der Waals surface area contributed by atoms with Crippen molar-refractivity contribution in [2.24, 2.45) is 0 Å². The summed E-state index contributed by atoms with van der Waals surface area (Å²) in [6.45, 7) is 6.73. The Kier molecular flexibility index (Phi) is 8.30. The van der Waals surface area contributed by atoms with Crippen molar-refractivity contribution in [3.8, 4) is 0 Å². The predicted molar refractivity (Wildman–Crippen MR) is 41.1 cm³/mol. The van der Waals surface area contributed by atoms with E-state index in [0.29, 0.717) is 4.01 Å². The SMILES string of the molecule is C[C](C)(C)[Zn].O=C(O)CBr. The van der Waals surface area contributed by atoms with E-state index in [2.05, 4.69) is 36.7 Å². The van der Waals surface area contributed by atoms with Gasteiger partial charge in [0.15, 0.2) is 0 Å². The molecule has 0 heterocycles. The first-order valence-corrected chi connectivity index (χ1v) is 5.51. The zero-order valence-corrected chi connectivity index (χ0v) is 11.2. The van der Waals surface area contributed by atoms with Gasteiger partial charge in [-0.2, -0.15) is 0 Å². The molecule has 0 aliphatic rings. The quantitative estimate of drug-likeness (QED) is 0.580. The first-order valence-electron chi connectivity index (χ1n) is 2.90. The molecule has 57 valence electrons. The second kappa shape index (κ2) is 6.29. The van der Waals surface area contributed by atoms with Crippen molar-refractivity contribution in [1.82, 2.24) is 0 Å². The van der Waals surface area contributed by atoms with E-state index in [1.807, 2.05) is 0 Å². The molecule has 0 spiro atoms. The van der Waals surface area contributed by atoms with Gasteiger partial charge < -0.3 is 5.11 Å². The molecule has 2 nitrogen and oxygen atoms in total. The minimum Gasteiger partial charge on any atom is -0.481 e. The number of halogens is 1. The molecule has 0 rings (SSSR count). The Morgan fingerprint density at radius 1 is 1.60 bits per heavy atom. The third kappa shape index (κ3) is 74.3. The summed E-state index contributed by atoms with van der Waals surface area (Å²) in [4.78, 5) is 9.32. The van der Waals surface area contributed by atoms with Crippen molar-refractivity contribution in [3.63, 3.8) is 0 Å². The van der Waals surface area contributed by atoms with Crippen molar-refractivity contribution in [2.75, 3.05) is 5.33 Å². The maximum absolute atomic E-state index is 9.32. The Morgan fingerprint density at radius 3 is 1.70 bits per heavy atom. The molecule has 0 saturated heterocycles. The van der Waals surface area contributed by atoms with Gasteiger partial charge in [-0.15, -0.1) is 0 Å². The summed E-state index contributed by atoms with van der Waals surface area (Å²) >= 11 is 4.11. The fraction of sp³-hybridized carbons (Fsp3) is 0.833. The van der Waals surface area contributed by atoms with Gasteiger partial charge in [0, 0.05) is 0 Å². The summed E-state index contributed by atoms with van der Waals surface area (Å²) in [6, 6.07) is 0. The largest absolute Gasteiger partial charge is 0.481 e. The van der Waals surface area contributed by atoms with Crippen molar-refractivity contribution in [1.29, 1.82) is 0 Å². The van der Waals surface area contributed by atoms with Crippen LogP contribution in [0.2, 0.25) is 4.01 Å². The van der Waals surface area contributed by atoms with Crippen LogP contribution in [0.4, 0.5) is 0 Å². The fourth-order valence-corrected chi connectivity index (χ4v) is 0. The number of hydrogen-bond acceptors (Lipinski definition) is 1. The van der Waals surface area contributed by atoms with Crippen molar-refractivity contribution >= 4 is 21.9 Å². The summed E-state index contributed by atoms with van der Waals surface area (Å²) in [5.74, 6) is -0.829. The molecule has 0 amide bonds. The van der Waals surface area contributed by atoms with Gasteiger partial charge in [0.1, 0.15) is 5.33 Å².